The number of nitrogens with two attached hydrogens (primary N) is 4. The van der Waals surface area contributed by atoms with Crippen LogP contribution >= 0.6 is 12.6 Å². The summed E-state index contributed by atoms with van der Waals surface area (Å²) in [5, 5.41) is 78.3. The van der Waals surface area contributed by atoms with Gasteiger partial charge in [0.1, 0.15) is 48.3 Å². The topological polar surface area (TPSA) is 556 Å². The molecule has 0 aliphatic carbocycles. The Hall–Kier alpha value is -6.78. The summed E-state index contributed by atoms with van der Waals surface area (Å²) in [5.74, 6) is -16.4. The van der Waals surface area contributed by atoms with E-state index in [1.165, 1.54) is 0 Å². The number of aliphatic carboxylic acids is 2. The highest BCUT2D eigenvalue weighted by atomic mass is 32.1. The lowest BCUT2D eigenvalue weighted by Crippen LogP contribution is -2.63. The van der Waals surface area contributed by atoms with Crippen LogP contribution in [0.25, 0.3) is 0 Å². The van der Waals surface area contributed by atoms with Crippen LogP contribution in [0.15, 0.2) is 0 Å². The maximum atomic E-state index is 13.7. The van der Waals surface area contributed by atoms with Crippen molar-refractivity contribution < 1.29 is 93.0 Å². The first-order valence-corrected chi connectivity index (χ1v) is 22.6. The second-order valence-electron chi connectivity index (χ2n) is 16.1. The Morgan fingerprint density at radius 2 is 0.917 bits per heavy atom. The Balaban J connectivity index is 6.37. The van der Waals surface area contributed by atoms with Crippen molar-refractivity contribution in [1.29, 1.82) is 0 Å². The van der Waals surface area contributed by atoms with Gasteiger partial charge in [-0.3, -0.25) is 57.5 Å². The number of thiol groups is 1. The van der Waals surface area contributed by atoms with Crippen molar-refractivity contribution in [2.24, 2.45) is 22.9 Å². The molecule has 0 saturated heterocycles. The summed E-state index contributed by atoms with van der Waals surface area (Å²) >= 11 is 3.89. The van der Waals surface area contributed by atoms with Crippen LogP contribution in [0.4, 0.5) is 0 Å². The summed E-state index contributed by atoms with van der Waals surface area (Å²) in [6.45, 7) is 1.20. The van der Waals surface area contributed by atoms with Crippen LogP contribution in [-0.4, -0.2) is 206 Å². The molecule has 0 aromatic rings. The van der Waals surface area contributed by atoms with Crippen molar-refractivity contribution in [2.45, 2.75) is 138 Å². The average Bonchev–Trinajstić information content (AvgIpc) is 3.28. The number of aliphatic hydroxyl groups is 4. The zero-order valence-corrected chi connectivity index (χ0v) is 40.3. The molecular weight excluding hydrogens is 987 g/mol. The van der Waals surface area contributed by atoms with Crippen LogP contribution in [0, 0.1) is 0 Å². The van der Waals surface area contributed by atoms with Gasteiger partial charge in [0.05, 0.1) is 50.3 Å². The van der Waals surface area contributed by atoms with Gasteiger partial charge in [-0.1, -0.05) is 0 Å². The molecule has 0 aromatic carbocycles. The molecule has 0 aliphatic rings. The number of amides is 11. The normalized spacial score (nSPS) is 16.0. The molecule has 0 unspecified atom stereocenters. The van der Waals surface area contributed by atoms with Gasteiger partial charge in [0.25, 0.3) is 0 Å². The number of hydrogen-bond donors (Lipinski definition) is 20. The number of primary amides is 2. The fourth-order valence-corrected chi connectivity index (χ4v) is 6.13. The fourth-order valence-electron chi connectivity index (χ4n) is 5.96. The van der Waals surface area contributed by atoms with E-state index in [2.05, 4.69) is 49.8 Å². The Morgan fingerprint density at radius 3 is 1.36 bits per heavy atom. The highest BCUT2D eigenvalue weighted by molar-refractivity contribution is 7.80. The quantitative estimate of drug-likeness (QED) is 0.0207. The average molecular weight is 1050 g/mol. The monoisotopic (exact) mass is 1050 g/mol. The van der Waals surface area contributed by atoms with Gasteiger partial charge in [-0.2, -0.15) is 12.6 Å². The lowest BCUT2D eigenvalue weighted by Gasteiger charge is -2.29. The predicted molar refractivity (Wildman–Crippen MR) is 247 cm³/mol. The number of unbranched alkanes of at least 4 members (excludes halogenated alkanes) is 1. The van der Waals surface area contributed by atoms with E-state index < -0.39 is 188 Å². The fraction of sp³-hybridized carbons (Fsp3) is 0.667. The molecule has 0 saturated carbocycles. The van der Waals surface area contributed by atoms with Crippen molar-refractivity contribution in [3.8, 4) is 0 Å². The molecule has 11 amide bonds. The molecule has 0 radical (unpaired) electrons. The minimum atomic E-state index is -1.99. The first-order valence-electron chi connectivity index (χ1n) is 21.9. The van der Waals surface area contributed by atoms with Gasteiger partial charge in [-0.05, 0) is 53.0 Å². The van der Waals surface area contributed by atoms with Gasteiger partial charge in [-0.25, -0.2) is 4.79 Å². The number of carbonyl (C=O) groups is 13. The van der Waals surface area contributed by atoms with Gasteiger partial charge in [-0.15, -0.1) is 0 Å². The van der Waals surface area contributed by atoms with Gasteiger partial charge in [0, 0.05) is 12.2 Å². The van der Waals surface area contributed by atoms with Crippen molar-refractivity contribution in [3.05, 3.63) is 0 Å². The van der Waals surface area contributed by atoms with Crippen LogP contribution in [0.1, 0.15) is 65.7 Å². The minimum Gasteiger partial charge on any atom is -0.481 e. The number of carbonyl (C=O) groups excluding carboxylic acids is 11. The van der Waals surface area contributed by atoms with E-state index in [1.807, 2.05) is 10.6 Å². The zero-order valence-electron chi connectivity index (χ0n) is 39.5. The SMILES string of the molecule is C[C@@H](O)[C@H](NC(=O)[C@H](CC(N)=O)NC(=O)[C@@H](NC(=O)[C@@H](NC(=O)[C@@H](N)CS)[C@@H](C)O)[C@@H](C)O)C(=O)N[C@@H](CCCCN)C(=O)N[C@@H](CCC(=O)O)C(=O)NCC(=O)N[C@@H](CO)C(=O)N[C@@H](CC(N)=O)C(=O)O. The Kier molecular flexibility index (Phi) is 29.9. The van der Waals surface area contributed by atoms with Crippen LogP contribution < -0.4 is 70.8 Å². The molecule has 72 heavy (non-hydrogen) atoms. The predicted octanol–water partition coefficient (Wildman–Crippen LogP) is -10.8. The van der Waals surface area contributed by atoms with E-state index in [1.54, 1.807) is 0 Å². The smallest absolute Gasteiger partial charge is 0.326 e. The molecule has 33 heteroatoms. The largest absolute Gasteiger partial charge is 0.481 e. The lowest BCUT2D eigenvalue weighted by molar-refractivity contribution is -0.144. The Bertz CT molecular complexity index is 1940. The van der Waals surface area contributed by atoms with E-state index in [0.29, 0.717) is 0 Å². The van der Waals surface area contributed by atoms with E-state index in [-0.39, 0.29) is 31.6 Å². The number of nitrogens with one attached hydrogen (secondary N) is 9. The second-order valence-corrected chi connectivity index (χ2v) is 16.5. The summed E-state index contributed by atoms with van der Waals surface area (Å²) in [4.78, 5) is 164. The van der Waals surface area contributed by atoms with E-state index in [4.69, 9.17) is 22.9 Å². The molecule has 0 heterocycles. The van der Waals surface area contributed by atoms with E-state index in [9.17, 15) is 93.0 Å². The molecule has 12 atom stereocenters. The summed E-state index contributed by atoms with van der Waals surface area (Å²) in [7, 11) is 0. The first-order chi connectivity index (χ1) is 33.5. The number of carboxylic acids is 2. The summed E-state index contributed by atoms with van der Waals surface area (Å²) in [6, 6.07) is -15.9. The zero-order chi connectivity index (χ0) is 55.6. The number of carboxylic acid groups (broad SMARTS) is 2. The number of hydrogen-bond acceptors (Lipinski definition) is 20. The molecule has 0 bridgehead atoms. The van der Waals surface area contributed by atoms with Gasteiger partial charge < -0.3 is 101 Å². The van der Waals surface area contributed by atoms with Crippen LogP contribution in [0.3, 0.4) is 0 Å². The molecule has 23 N–H and O–H groups in total. The third kappa shape index (κ3) is 24.4. The van der Waals surface area contributed by atoms with Crippen LogP contribution in [0.2, 0.25) is 0 Å². The molecule has 0 fully saturated rings. The van der Waals surface area contributed by atoms with Crippen molar-refractivity contribution in [1.82, 2.24) is 47.9 Å². The van der Waals surface area contributed by atoms with Gasteiger partial charge in [0.2, 0.25) is 65.0 Å². The van der Waals surface area contributed by atoms with Crippen LogP contribution in [0.5, 0.6) is 0 Å². The number of aliphatic hydroxyl groups excluding tert-OH is 4. The van der Waals surface area contributed by atoms with Crippen molar-refractivity contribution in [2.75, 3.05) is 25.4 Å². The second kappa shape index (κ2) is 33.0. The van der Waals surface area contributed by atoms with Crippen molar-refractivity contribution in [3.63, 3.8) is 0 Å². The van der Waals surface area contributed by atoms with E-state index in [0.717, 1.165) is 20.8 Å². The molecule has 0 aromatic heterocycles. The summed E-state index contributed by atoms with van der Waals surface area (Å²) in [5.41, 5.74) is 21.5. The third-order valence-electron chi connectivity index (χ3n) is 9.90. The maximum Gasteiger partial charge on any atom is 0.326 e. The first kappa shape index (κ1) is 65.2. The molecular formula is C39H67N13O19S. The van der Waals surface area contributed by atoms with Crippen LogP contribution in [-0.2, 0) is 62.3 Å². The van der Waals surface area contributed by atoms with E-state index >= 15 is 0 Å². The standard InChI is InChI=1S/C39H67N13O19S/c1-15(54)28(51-34(65)21(10-24(42)57)48-37(68)29(16(2)55)52-38(69)30(17(3)56)50-31(62)18(41)14-72)36(67)47-19(6-4-5-9-40)33(64)46-20(7-8-27(60)61)32(63)44-12-26(59)45-23(13-53)35(66)49-22(39(70)71)11-25(43)58/h15-23,28-30,53-56,72H,4-14,40-41H2,1-3H3,(H2,42,57)(H2,43,58)(H,44,63)(H,45,59)(H,46,64)(H,47,67)(H,48,68)(H,49,66)(H,50,62)(H,51,65)(H,52,69)(H,60,61)(H,70,71)/t15-,16-,17-,18+,19+,20+,21+,22+,23+,28+,29+,30+/m1/s1. The van der Waals surface area contributed by atoms with Crippen molar-refractivity contribution >= 4 is 89.5 Å². The highest BCUT2D eigenvalue weighted by Gasteiger charge is 2.38. The Labute approximate surface area is 416 Å². The van der Waals surface area contributed by atoms with Gasteiger partial charge >= 0.3 is 11.9 Å². The molecule has 0 rings (SSSR count). The Morgan fingerprint density at radius 1 is 0.514 bits per heavy atom. The van der Waals surface area contributed by atoms with Gasteiger partial charge in [0.15, 0.2) is 0 Å². The summed E-state index contributed by atoms with van der Waals surface area (Å²) in [6.07, 6.45) is -8.13. The summed E-state index contributed by atoms with van der Waals surface area (Å²) < 4.78 is 0. The lowest BCUT2D eigenvalue weighted by atomic mass is 10.0. The molecule has 0 spiro atoms. The third-order valence-corrected chi connectivity index (χ3v) is 10.3. The minimum absolute atomic E-state index is 0.0993. The highest BCUT2D eigenvalue weighted by Crippen LogP contribution is 2.08. The maximum absolute atomic E-state index is 13.7. The molecule has 408 valence electrons. The molecule has 32 nitrogen and oxygen atoms in total. The molecule has 0 aliphatic heterocycles. The number of rotatable bonds is 35.